The SMILES string of the molecule is CC(C)CCNC(=O)[C@H](Cc1ccccc1)N(Cc1ccc(F)cc1)C(=O)COc1ccccc1. The fourth-order valence-electron chi connectivity index (χ4n) is 3.69. The van der Waals surface area contributed by atoms with E-state index < -0.39 is 6.04 Å². The van der Waals surface area contributed by atoms with Crippen LogP contribution in [0.15, 0.2) is 84.9 Å². The van der Waals surface area contributed by atoms with Crippen LogP contribution >= 0.6 is 0 Å². The molecule has 3 rings (SSSR count). The molecular formula is C29H33FN2O3. The van der Waals surface area contributed by atoms with Gasteiger partial charge in [0.25, 0.3) is 5.91 Å². The van der Waals surface area contributed by atoms with Crippen LogP contribution in [0.1, 0.15) is 31.4 Å². The van der Waals surface area contributed by atoms with Crippen molar-refractivity contribution in [3.63, 3.8) is 0 Å². The third-order valence-electron chi connectivity index (χ3n) is 5.66. The molecular weight excluding hydrogens is 443 g/mol. The fourth-order valence-corrected chi connectivity index (χ4v) is 3.69. The van der Waals surface area contributed by atoms with Crippen LogP contribution < -0.4 is 10.1 Å². The van der Waals surface area contributed by atoms with Gasteiger partial charge in [0.2, 0.25) is 5.91 Å². The number of carbonyl (C=O) groups excluding carboxylic acids is 2. The van der Waals surface area contributed by atoms with Crippen LogP contribution in [0.3, 0.4) is 0 Å². The smallest absolute Gasteiger partial charge is 0.261 e. The highest BCUT2D eigenvalue weighted by Crippen LogP contribution is 2.17. The van der Waals surface area contributed by atoms with Gasteiger partial charge in [0.1, 0.15) is 17.6 Å². The van der Waals surface area contributed by atoms with Crippen molar-refractivity contribution >= 4 is 11.8 Å². The second kappa shape index (κ2) is 13.3. The summed E-state index contributed by atoms with van der Waals surface area (Å²) in [6.07, 6.45) is 1.19. The third kappa shape index (κ3) is 8.56. The first-order chi connectivity index (χ1) is 16.9. The zero-order chi connectivity index (χ0) is 25.0. The summed E-state index contributed by atoms with van der Waals surface area (Å²) in [5.74, 6) is 0.122. The van der Waals surface area contributed by atoms with Crippen LogP contribution in [0.2, 0.25) is 0 Å². The van der Waals surface area contributed by atoms with Crippen LogP contribution in [-0.4, -0.2) is 35.9 Å². The van der Waals surface area contributed by atoms with Gasteiger partial charge < -0.3 is 15.0 Å². The predicted molar refractivity (Wildman–Crippen MR) is 135 cm³/mol. The van der Waals surface area contributed by atoms with Crippen molar-refractivity contribution in [1.82, 2.24) is 10.2 Å². The summed E-state index contributed by atoms with van der Waals surface area (Å²) in [6.45, 7) is 4.67. The molecule has 0 saturated heterocycles. The Morgan fingerprint density at radius 2 is 1.51 bits per heavy atom. The molecule has 0 unspecified atom stereocenters. The summed E-state index contributed by atoms with van der Waals surface area (Å²) in [6, 6.07) is 23.9. The molecule has 0 fully saturated rings. The van der Waals surface area contributed by atoms with Crippen molar-refractivity contribution in [2.45, 2.75) is 39.3 Å². The molecule has 0 heterocycles. The lowest BCUT2D eigenvalue weighted by Crippen LogP contribution is -2.52. The van der Waals surface area contributed by atoms with Crippen molar-refractivity contribution in [3.05, 3.63) is 102 Å². The molecule has 0 aliphatic rings. The number of para-hydroxylation sites is 1. The Hall–Kier alpha value is -3.67. The molecule has 1 N–H and O–H groups in total. The van der Waals surface area contributed by atoms with Crippen LogP contribution in [0.25, 0.3) is 0 Å². The van der Waals surface area contributed by atoms with Crippen molar-refractivity contribution in [1.29, 1.82) is 0 Å². The number of ether oxygens (including phenoxy) is 1. The van der Waals surface area contributed by atoms with E-state index in [-0.39, 0.29) is 30.8 Å². The molecule has 35 heavy (non-hydrogen) atoms. The number of nitrogens with zero attached hydrogens (tertiary/aromatic N) is 1. The molecule has 0 aliphatic carbocycles. The normalized spacial score (nSPS) is 11.7. The van der Waals surface area contributed by atoms with Crippen LogP contribution in [0.5, 0.6) is 5.75 Å². The highest BCUT2D eigenvalue weighted by Gasteiger charge is 2.30. The molecule has 184 valence electrons. The minimum Gasteiger partial charge on any atom is -0.484 e. The summed E-state index contributed by atoms with van der Waals surface area (Å²) in [4.78, 5) is 28.4. The number of halogens is 1. The molecule has 0 aromatic heterocycles. The molecule has 1 atom stereocenters. The maximum absolute atomic E-state index is 13.5. The number of hydrogen-bond donors (Lipinski definition) is 1. The highest BCUT2D eigenvalue weighted by atomic mass is 19.1. The minimum absolute atomic E-state index is 0.159. The Balaban J connectivity index is 1.86. The highest BCUT2D eigenvalue weighted by molar-refractivity contribution is 5.88. The Kier molecular flexibility index (Phi) is 9.84. The van der Waals surface area contributed by atoms with E-state index in [1.165, 1.54) is 17.0 Å². The van der Waals surface area contributed by atoms with Crippen molar-refractivity contribution in [2.24, 2.45) is 5.92 Å². The van der Waals surface area contributed by atoms with Gasteiger partial charge in [-0.05, 0) is 47.7 Å². The summed E-state index contributed by atoms with van der Waals surface area (Å²) < 4.78 is 19.2. The topological polar surface area (TPSA) is 58.6 Å². The largest absolute Gasteiger partial charge is 0.484 e. The maximum atomic E-state index is 13.5. The number of nitrogens with one attached hydrogen (secondary N) is 1. The van der Waals surface area contributed by atoms with Gasteiger partial charge in [0, 0.05) is 19.5 Å². The number of rotatable bonds is 12. The molecule has 3 aromatic carbocycles. The number of benzene rings is 3. The lowest BCUT2D eigenvalue weighted by atomic mass is 10.0. The van der Waals surface area contributed by atoms with E-state index in [1.807, 2.05) is 48.5 Å². The van der Waals surface area contributed by atoms with Gasteiger partial charge in [0.05, 0.1) is 0 Å². The Labute approximate surface area is 206 Å². The van der Waals surface area contributed by atoms with Crippen molar-refractivity contribution in [3.8, 4) is 5.75 Å². The van der Waals surface area contributed by atoms with Crippen molar-refractivity contribution < 1.29 is 18.7 Å². The first kappa shape index (κ1) is 25.9. The first-order valence-electron chi connectivity index (χ1n) is 12.0. The molecule has 0 radical (unpaired) electrons. The summed E-state index contributed by atoms with van der Waals surface area (Å²) >= 11 is 0. The van der Waals surface area contributed by atoms with Gasteiger partial charge >= 0.3 is 0 Å². The molecule has 0 bridgehead atoms. The second-order valence-electron chi connectivity index (χ2n) is 8.93. The Morgan fingerprint density at radius 3 is 2.14 bits per heavy atom. The predicted octanol–water partition coefficient (Wildman–Crippen LogP) is 5.01. The van der Waals surface area contributed by atoms with E-state index in [1.54, 1.807) is 24.3 Å². The molecule has 0 aliphatic heterocycles. The molecule has 5 nitrogen and oxygen atoms in total. The van der Waals surface area contributed by atoms with Gasteiger partial charge in [0.15, 0.2) is 6.61 Å². The fraction of sp³-hybridized carbons (Fsp3) is 0.310. The van der Waals surface area contributed by atoms with E-state index in [9.17, 15) is 14.0 Å². The Bertz CT molecular complexity index is 1060. The number of amides is 2. The van der Waals surface area contributed by atoms with Crippen LogP contribution in [0, 0.1) is 11.7 Å². The second-order valence-corrected chi connectivity index (χ2v) is 8.93. The molecule has 0 saturated carbocycles. The van der Waals surface area contributed by atoms with E-state index in [4.69, 9.17) is 4.74 Å². The number of carbonyl (C=O) groups is 2. The van der Waals surface area contributed by atoms with Crippen molar-refractivity contribution in [2.75, 3.05) is 13.2 Å². The van der Waals surface area contributed by atoms with Gasteiger partial charge in [-0.15, -0.1) is 0 Å². The van der Waals surface area contributed by atoms with Gasteiger partial charge in [-0.2, -0.15) is 0 Å². The van der Waals surface area contributed by atoms with Gasteiger partial charge in [-0.1, -0.05) is 74.5 Å². The lowest BCUT2D eigenvalue weighted by Gasteiger charge is -2.31. The average Bonchev–Trinajstić information content (AvgIpc) is 2.86. The zero-order valence-corrected chi connectivity index (χ0v) is 20.3. The lowest BCUT2D eigenvalue weighted by molar-refractivity contribution is -0.142. The quantitative estimate of drug-likeness (QED) is 0.400. The molecule has 3 aromatic rings. The van der Waals surface area contributed by atoms with Crippen LogP contribution in [0.4, 0.5) is 4.39 Å². The molecule has 6 heteroatoms. The van der Waals surface area contributed by atoms with E-state index in [0.29, 0.717) is 24.6 Å². The van der Waals surface area contributed by atoms with E-state index in [0.717, 1.165) is 17.5 Å². The summed E-state index contributed by atoms with van der Waals surface area (Å²) in [5, 5.41) is 3.00. The standard InChI is InChI=1S/C29H33FN2O3/c1-22(2)17-18-31-29(34)27(19-23-9-5-3-6-10-23)32(20-24-13-15-25(30)16-14-24)28(33)21-35-26-11-7-4-8-12-26/h3-16,22,27H,17-21H2,1-2H3,(H,31,34)/t27-/m0/s1. The number of hydrogen-bond acceptors (Lipinski definition) is 3. The van der Waals surface area contributed by atoms with Gasteiger partial charge in [-0.25, -0.2) is 4.39 Å². The summed E-state index contributed by atoms with van der Waals surface area (Å²) in [7, 11) is 0. The first-order valence-corrected chi connectivity index (χ1v) is 12.0. The third-order valence-corrected chi connectivity index (χ3v) is 5.66. The Morgan fingerprint density at radius 1 is 0.886 bits per heavy atom. The summed E-state index contributed by atoms with van der Waals surface area (Å²) in [5.41, 5.74) is 1.67. The monoisotopic (exact) mass is 476 g/mol. The molecule has 0 spiro atoms. The van der Waals surface area contributed by atoms with E-state index >= 15 is 0 Å². The zero-order valence-electron chi connectivity index (χ0n) is 20.3. The average molecular weight is 477 g/mol. The van der Waals surface area contributed by atoms with Crippen LogP contribution in [-0.2, 0) is 22.6 Å². The molecule has 2 amide bonds. The van der Waals surface area contributed by atoms with E-state index in [2.05, 4.69) is 19.2 Å². The van der Waals surface area contributed by atoms with Gasteiger partial charge in [-0.3, -0.25) is 9.59 Å². The minimum atomic E-state index is -0.749. The maximum Gasteiger partial charge on any atom is 0.261 e.